The quantitative estimate of drug-likeness (QED) is 0.913. The van der Waals surface area contributed by atoms with E-state index in [0.29, 0.717) is 19.5 Å². The fourth-order valence-corrected chi connectivity index (χ4v) is 3.25. The minimum atomic E-state index is -0.355. The van der Waals surface area contributed by atoms with E-state index in [1.54, 1.807) is 21.7 Å². The highest BCUT2D eigenvalue weighted by Crippen LogP contribution is 2.21. The van der Waals surface area contributed by atoms with E-state index >= 15 is 0 Å². The summed E-state index contributed by atoms with van der Waals surface area (Å²) < 4.78 is 14.8. The molecular formula is C18H21FN4O2. The molecule has 7 heteroatoms. The average molecular weight is 344 g/mol. The number of benzene rings is 1. The summed E-state index contributed by atoms with van der Waals surface area (Å²) in [4.78, 5) is 25.5. The Morgan fingerprint density at radius 3 is 2.56 bits per heavy atom. The second-order valence-corrected chi connectivity index (χ2v) is 6.44. The van der Waals surface area contributed by atoms with Crippen LogP contribution in [0.2, 0.25) is 0 Å². The van der Waals surface area contributed by atoms with Crippen LogP contribution in [0.5, 0.6) is 0 Å². The number of aromatic nitrogens is 2. The van der Waals surface area contributed by atoms with Crippen molar-refractivity contribution in [1.82, 2.24) is 14.7 Å². The number of halogens is 1. The number of rotatable bonds is 4. The fourth-order valence-electron chi connectivity index (χ4n) is 3.25. The fraction of sp³-hybridized carbons (Fsp3) is 0.389. The molecule has 2 aromatic rings. The minimum Gasteiger partial charge on any atom is -0.369 e. The van der Waals surface area contributed by atoms with E-state index in [0.717, 1.165) is 22.6 Å². The normalized spacial score (nSPS) is 17.1. The number of nitrogens with zero attached hydrogens (tertiary/aromatic N) is 3. The first-order chi connectivity index (χ1) is 11.9. The zero-order valence-electron chi connectivity index (χ0n) is 14.3. The van der Waals surface area contributed by atoms with Gasteiger partial charge < -0.3 is 10.6 Å². The summed E-state index contributed by atoms with van der Waals surface area (Å²) in [6.45, 7) is 4.68. The van der Waals surface area contributed by atoms with E-state index in [4.69, 9.17) is 5.73 Å². The van der Waals surface area contributed by atoms with E-state index in [9.17, 15) is 14.0 Å². The number of amides is 2. The lowest BCUT2D eigenvalue weighted by atomic mass is 10.1. The zero-order chi connectivity index (χ0) is 18.1. The predicted octanol–water partition coefficient (Wildman–Crippen LogP) is 1.50. The Morgan fingerprint density at radius 2 is 1.96 bits per heavy atom. The van der Waals surface area contributed by atoms with Crippen LogP contribution in [-0.2, 0) is 16.0 Å². The summed E-state index contributed by atoms with van der Waals surface area (Å²) >= 11 is 0. The van der Waals surface area contributed by atoms with Crippen molar-refractivity contribution in [1.29, 1.82) is 0 Å². The van der Waals surface area contributed by atoms with Crippen LogP contribution in [0.25, 0.3) is 5.69 Å². The van der Waals surface area contributed by atoms with Gasteiger partial charge >= 0.3 is 0 Å². The molecule has 1 aliphatic heterocycles. The van der Waals surface area contributed by atoms with Crippen LogP contribution in [0.15, 0.2) is 24.3 Å². The lowest BCUT2D eigenvalue weighted by molar-refractivity contribution is -0.129. The van der Waals surface area contributed by atoms with Crippen LogP contribution in [0, 0.1) is 25.6 Å². The van der Waals surface area contributed by atoms with Gasteiger partial charge in [0.15, 0.2) is 0 Å². The molecule has 0 aliphatic carbocycles. The molecule has 0 spiro atoms. The van der Waals surface area contributed by atoms with Gasteiger partial charge in [-0.3, -0.25) is 9.59 Å². The Bertz CT molecular complexity index is 813. The van der Waals surface area contributed by atoms with E-state index in [-0.39, 0.29) is 30.0 Å². The van der Waals surface area contributed by atoms with Crippen LogP contribution >= 0.6 is 0 Å². The minimum absolute atomic E-state index is 0.0337. The molecule has 2 heterocycles. The molecule has 0 radical (unpaired) electrons. The number of hydrogen-bond acceptors (Lipinski definition) is 3. The summed E-state index contributed by atoms with van der Waals surface area (Å²) in [6.07, 6.45) is 0.845. The standard InChI is InChI=1S/C18H21FN4O2/c1-11-16(9-17(24)22-8-7-13(10-22)18(20)25)12(2)23(21-11)15-5-3-14(19)4-6-15/h3-6,13H,7-10H2,1-2H3,(H2,20,25). The van der Waals surface area contributed by atoms with Gasteiger partial charge in [-0.05, 0) is 44.5 Å². The smallest absolute Gasteiger partial charge is 0.227 e. The zero-order valence-corrected chi connectivity index (χ0v) is 14.3. The largest absolute Gasteiger partial charge is 0.369 e. The van der Waals surface area contributed by atoms with Crippen molar-refractivity contribution in [3.8, 4) is 5.69 Å². The number of carbonyl (C=O) groups is 2. The van der Waals surface area contributed by atoms with E-state index in [2.05, 4.69) is 5.10 Å². The first kappa shape index (κ1) is 17.1. The van der Waals surface area contributed by atoms with E-state index < -0.39 is 0 Å². The molecule has 1 saturated heterocycles. The van der Waals surface area contributed by atoms with Crippen molar-refractivity contribution in [2.24, 2.45) is 11.7 Å². The summed E-state index contributed by atoms with van der Waals surface area (Å²) in [5.74, 6) is -0.952. The first-order valence-corrected chi connectivity index (χ1v) is 8.25. The molecule has 6 nitrogen and oxygen atoms in total. The Morgan fingerprint density at radius 1 is 1.28 bits per heavy atom. The number of nitrogens with two attached hydrogens (primary N) is 1. The lowest BCUT2D eigenvalue weighted by Gasteiger charge is -2.16. The molecular weight excluding hydrogens is 323 g/mol. The molecule has 3 rings (SSSR count). The molecule has 1 aromatic carbocycles. The van der Waals surface area contributed by atoms with Gasteiger partial charge in [0.1, 0.15) is 5.82 Å². The third kappa shape index (κ3) is 3.40. The van der Waals surface area contributed by atoms with Crippen LogP contribution < -0.4 is 5.73 Å². The summed E-state index contributed by atoms with van der Waals surface area (Å²) in [5, 5.41) is 4.48. The highest BCUT2D eigenvalue weighted by molar-refractivity contribution is 5.82. The molecule has 0 saturated carbocycles. The van der Waals surface area contributed by atoms with Crippen molar-refractivity contribution in [2.45, 2.75) is 26.7 Å². The molecule has 132 valence electrons. The molecule has 25 heavy (non-hydrogen) atoms. The monoisotopic (exact) mass is 344 g/mol. The van der Waals surface area contributed by atoms with Crippen molar-refractivity contribution in [3.63, 3.8) is 0 Å². The van der Waals surface area contributed by atoms with Crippen LogP contribution in [0.1, 0.15) is 23.4 Å². The molecule has 1 aliphatic rings. The second-order valence-electron chi connectivity index (χ2n) is 6.44. The SMILES string of the molecule is Cc1nn(-c2ccc(F)cc2)c(C)c1CC(=O)N1CCC(C(N)=O)C1. The molecule has 2 N–H and O–H groups in total. The molecule has 1 aromatic heterocycles. The average Bonchev–Trinajstić information content (AvgIpc) is 3.17. The molecule has 0 bridgehead atoms. The van der Waals surface area contributed by atoms with Gasteiger partial charge in [0.05, 0.1) is 23.7 Å². The van der Waals surface area contributed by atoms with Crippen LogP contribution in [0.3, 0.4) is 0 Å². The van der Waals surface area contributed by atoms with Gasteiger partial charge in [0.2, 0.25) is 11.8 Å². The van der Waals surface area contributed by atoms with Gasteiger partial charge in [0.25, 0.3) is 0 Å². The predicted molar refractivity (Wildman–Crippen MR) is 90.6 cm³/mol. The topological polar surface area (TPSA) is 81.2 Å². The Hall–Kier alpha value is -2.70. The molecule has 1 fully saturated rings. The van der Waals surface area contributed by atoms with Gasteiger partial charge in [-0.25, -0.2) is 9.07 Å². The Kier molecular flexibility index (Phi) is 4.57. The van der Waals surface area contributed by atoms with Crippen LogP contribution in [-0.4, -0.2) is 39.6 Å². The number of likely N-dealkylation sites (tertiary alicyclic amines) is 1. The summed E-state index contributed by atoms with van der Waals surface area (Å²) in [7, 11) is 0. The molecule has 2 amide bonds. The maximum atomic E-state index is 13.1. The number of aryl methyl sites for hydroxylation is 1. The first-order valence-electron chi connectivity index (χ1n) is 8.25. The summed E-state index contributed by atoms with van der Waals surface area (Å²) in [6, 6.07) is 6.06. The van der Waals surface area contributed by atoms with Crippen molar-refractivity contribution in [3.05, 3.63) is 47.0 Å². The van der Waals surface area contributed by atoms with Gasteiger partial charge in [-0.2, -0.15) is 5.10 Å². The molecule has 1 atom stereocenters. The Balaban J connectivity index is 1.78. The lowest BCUT2D eigenvalue weighted by Crippen LogP contribution is -2.32. The number of hydrogen-bond donors (Lipinski definition) is 1. The van der Waals surface area contributed by atoms with E-state index in [1.807, 2.05) is 13.8 Å². The maximum Gasteiger partial charge on any atom is 0.227 e. The highest BCUT2D eigenvalue weighted by Gasteiger charge is 2.30. The highest BCUT2D eigenvalue weighted by atomic mass is 19.1. The van der Waals surface area contributed by atoms with Crippen molar-refractivity contribution < 1.29 is 14.0 Å². The second kappa shape index (κ2) is 6.66. The van der Waals surface area contributed by atoms with Crippen molar-refractivity contribution in [2.75, 3.05) is 13.1 Å². The summed E-state index contributed by atoms with van der Waals surface area (Å²) in [5.41, 5.74) is 8.54. The molecule has 1 unspecified atom stereocenters. The van der Waals surface area contributed by atoms with Crippen LogP contribution in [0.4, 0.5) is 4.39 Å². The van der Waals surface area contributed by atoms with Gasteiger partial charge in [0, 0.05) is 24.3 Å². The van der Waals surface area contributed by atoms with Gasteiger partial charge in [-0.1, -0.05) is 0 Å². The van der Waals surface area contributed by atoms with Crippen molar-refractivity contribution >= 4 is 11.8 Å². The Labute approximate surface area is 145 Å². The maximum absolute atomic E-state index is 13.1. The third-order valence-electron chi connectivity index (χ3n) is 4.78. The number of primary amides is 1. The number of carbonyl (C=O) groups excluding carboxylic acids is 2. The third-order valence-corrected chi connectivity index (χ3v) is 4.78. The van der Waals surface area contributed by atoms with E-state index in [1.165, 1.54) is 12.1 Å². The van der Waals surface area contributed by atoms with Gasteiger partial charge in [-0.15, -0.1) is 0 Å².